The molecule has 0 amide bonds. The van der Waals surface area contributed by atoms with Crippen LogP contribution in [0.2, 0.25) is 0 Å². The number of pyridine rings is 1. The second-order valence-corrected chi connectivity index (χ2v) is 8.34. The molecule has 2 aliphatic rings. The maximum Gasteiger partial charge on any atom is 0.0835 e. The third-order valence-corrected chi connectivity index (χ3v) is 6.73. The van der Waals surface area contributed by atoms with Gasteiger partial charge < -0.3 is 5.11 Å². The highest BCUT2D eigenvalue weighted by Gasteiger charge is 2.46. The minimum absolute atomic E-state index is 0.103. The molecule has 4 nitrogen and oxygen atoms in total. The van der Waals surface area contributed by atoms with Crippen LogP contribution in [0.4, 0.5) is 0 Å². The summed E-state index contributed by atoms with van der Waals surface area (Å²) in [4.78, 5) is 4.23. The van der Waals surface area contributed by atoms with Crippen molar-refractivity contribution in [3.05, 3.63) is 83.4 Å². The van der Waals surface area contributed by atoms with Crippen molar-refractivity contribution < 1.29 is 5.11 Å². The van der Waals surface area contributed by atoms with Gasteiger partial charge in [-0.2, -0.15) is 5.10 Å². The Morgan fingerprint density at radius 3 is 2.82 bits per heavy atom. The monoisotopic (exact) mass is 371 g/mol. The molecule has 142 valence electrons. The van der Waals surface area contributed by atoms with E-state index in [4.69, 9.17) is 0 Å². The van der Waals surface area contributed by atoms with E-state index >= 15 is 0 Å². The highest BCUT2D eigenvalue weighted by Crippen LogP contribution is 2.55. The van der Waals surface area contributed by atoms with E-state index in [1.807, 2.05) is 59.5 Å². The molecule has 3 aromatic rings. The van der Waals surface area contributed by atoms with Gasteiger partial charge in [0.15, 0.2) is 0 Å². The third-order valence-electron chi connectivity index (χ3n) is 6.73. The SMILES string of the molecule is CC12Cc3cnn(-c4cccnc4)c3C=C1CCC2CC(O)c1ccccc1. The van der Waals surface area contributed by atoms with E-state index in [0.29, 0.717) is 5.92 Å². The highest BCUT2D eigenvalue weighted by atomic mass is 16.3. The number of aliphatic hydroxyl groups is 1. The summed E-state index contributed by atoms with van der Waals surface area (Å²) in [5.41, 5.74) is 6.09. The summed E-state index contributed by atoms with van der Waals surface area (Å²) in [5.74, 6) is 0.476. The molecule has 0 spiro atoms. The van der Waals surface area contributed by atoms with Gasteiger partial charge >= 0.3 is 0 Å². The minimum atomic E-state index is -0.401. The lowest BCUT2D eigenvalue weighted by atomic mass is 9.68. The van der Waals surface area contributed by atoms with Crippen LogP contribution in [0.5, 0.6) is 0 Å². The molecule has 2 heterocycles. The van der Waals surface area contributed by atoms with Crippen molar-refractivity contribution in [1.29, 1.82) is 0 Å². The molecular weight excluding hydrogens is 346 g/mol. The number of aliphatic hydroxyl groups excluding tert-OH is 1. The van der Waals surface area contributed by atoms with Crippen molar-refractivity contribution in [3.8, 4) is 5.69 Å². The Balaban J connectivity index is 1.43. The zero-order valence-corrected chi connectivity index (χ0v) is 16.1. The first kappa shape index (κ1) is 17.4. The van der Waals surface area contributed by atoms with Crippen LogP contribution >= 0.6 is 0 Å². The Bertz CT molecular complexity index is 1010. The van der Waals surface area contributed by atoms with Crippen molar-refractivity contribution in [2.75, 3.05) is 0 Å². The summed E-state index contributed by atoms with van der Waals surface area (Å²) in [5, 5.41) is 15.4. The summed E-state index contributed by atoms with van der Waals surface area (Å²) >= 11 is 0. The van der Waals surface area contributed by atoms with Gasteiger partial charge in [0.25, 0.3) is 0 Å². The van der Waals surface area contributed by atoms with E-state index in [9.17, 15) is 5.11 Å². The number of benzene rings is 1. The fourth-order valence-electron chi connectivity index (χ4n) is 5.08. The fourth-order valence-corrected chi connectivity index (χ4v) is 5.08. The first-order chi connectivity index (χ1) is 13.6. The molecule has 28 heavy (non-hydrogen) atoms. The molecule has 5 rings (SSSR count). The van der Waals surface area contributed by atoms with E-state index in [2.05, 4.69) is 23.1 Å². The summed E-state index contributed by atoms with van der Waals surface area (Å²) in [6.07, 6.45) is 11.6. The Labute approximate surface area is 165 Å². The summed E-state index contributed by atoms with van der Waals surface area (Å²) in [6, 6.07) is 14.0. The summed E-state index contributed by atoms with van der Waals surface area (Å²) < 4.78 is 2.00. The lowest BCUT2D eigenvalue weighted by Gasteiger charge is -2.37. The summed E-state index contributed by atoms with van der Waals surface area (Å²) in [6.45, 7) is 2.37. The van der Waals surface area contributed by atoms with Crippen molar-refractivity contribution in [2.45, 2.75) is 38.7 Å². The zero-order valence-electron chi connectivity index (χ0n) is 16.1. The van der Waals surface area contributed by atoms with Gasteiger partial charge in [0.2, 0.25) is 0 Å². The average molecular weight is 371 g/mol. The minimum Gasteiger partial charge on any atom is -0.388 e. The number of hydrogen-bond donors (Lipinski definition) is 1. The number of allylic oxidation sites excluding steroid dienone is 1. The first-order valence-corrected chi connectivity index (χ1v) is 10.1. The van der Waals surface area contributed by atoms with Crippen LogP contribution in [0.15, 0.2) is 66.6 Å². The molecule has 3 atom stereocenters. The van der Waals surface area contributed by atoms with Gasteiger partial charge in [0.05, 0.1) is 29.9 Å². The van der Waals surface area contributed by atoms with Crippen LogP contribution in [0.1, 0.15) is 49.1 Å². The van der Waals surface area contributed by atoms with Gasteiger partial charge in [-0.05, 0) is 66.4 Å². The molecule has 0 bridgehead atoms. The molecule has 2 aliphatic carbocycles. The predicted molar refractivity (Wildman–Crippen MR) is 110 cm³/mol. The van der Waals surface area contributed by atoms with Crippen LogP contribution in [0.3, 0.4) is 0 Å². The molecular formula is C24H25N3O. The normalized spacial score (nSPS) is 24.4. The summed E-state index contributed by atoms with van der Waals surface area (Å²) in [7, 11) is 0. The lowest BCUT2D eigenvalue weighted by molar-refractivity contribution is 0.113. The standard InChI is InChI=1S/C24H25N3O/c1-24-14-18-15-26-27(21-8-5-11-25-16-21)22(18)12-19(24)9-10-20(24)13-23(28)17-6-3-2-4-7-17/h2-8,11-12,15-16,20,23,28H,9-10,13-14H2,1H3. The first-order valence-electron chi connectivity index (χ1n) is 10.1. The van der Waals surface area contributed by atoms with Crippen molar-refractivity contribution in [1.82, 2.24) is 14.8 Å². The Kier molecular flexibility index (Phi) is 4.17. The Morgan fingerprint density at radius 2 is 2.04 bits per heavy atom. The van der Waals surface area contributed by atoms with E-state index in [0.717, 1.165) is 36.9 Å². The van der Waals surface area contributed by atoms with Crippen LogP contribution < -0.4 is 0 Å². The van der Waals surface area contributed by atoms with E-state index < -0.39 is 6.10 Å². The smallest absolute Gasteiger partial charge is 0.0835 e. The van der Waals surface area contributed by atoms with Gasteiger partial charge in [-0.25, -0.2) is 4.68 Å². The fraction of sp³-hybridized carbons (Fsp3) is 0.333. The topological polar surface area (TPSA) is 50.9 Å². The van der Waals surface area contributed by atoms with Crippen molar-refractivity contribution >= 4 is 6.08 Å². The molecule has 0 aliphatic heterocycles. The lowest BCUT2D eigenvalue weighted by Crippen LogP contribution is -2.30. The Hall–Kier alpha value is -2.72. The molecule has 1 aromatic carbocycles. The third kappa shape index (κ3) is 2.80. The maximum absolute atomic E-state index is 10.8. The van der Waals surface area contributed by atoms with Crippen LogP contribution in [-0.4, -0.2) is 19.9 Å². The number of nitrogens with zero attached hydrogens (tertiary/aromatic N) is 3. The number of fused-ring (bicyclic) bond motifs is 2. The van der Waals surface area contributed by atoms with Crippen LogP contribution in [0, 0.1) is 11.3 Å². The van der Waals surface area contributed by atoms with Gasteiger partial charge in [-0.15, -0.1) is 0 Å². The van der Waals surface area contributed by atoms with Gasteiger partial charge in [0.1, 0.15) is 0 Å². The average Bonchev–Trinajstić information content (AvgIpc) is 3.27. The molecule has 1 N–H and O–H groups in total. The second kappa shape index (κ2) is 6.71. The highest BCUT2D eigenvalue weighted by molar-refractivity contribution is 5.61. The molecule has 2 aromatic heterocycles. The van der Waals surface area contributed by atoms with Crippen molar-refractivity contribution in [3.63, 3.8) is 0 Å². The van der Waals surface area contributed by atoms with Crippen molar-refractivity contribution in [2.24, 2.45) is 11.3 Å². The molecule has 3 unspecified atom stereocenters. The van der Waals surface area contributed by atoms with E-state index in [1.54, 1.807) is 6.20 Å². The van der Waals surface area contributed by atoms with Crippen LogP contribution in [-0.2, 0) is 6.42 Å². The molecule has 0 saturated heterocycles. The largest absolute Gasteiger partial charge is 0.388 e. The number of hydrogen-bond acceptors (Lipinski definition) is 3. The molecule has 1 saturated carbocycles. The van der Waals surface area contributed by atoms with Crippen LogP contribution in [0.25, 0.3) is 11.8 Å². The molecule has 1 fully saturated rings. The predicted octanol–water partition coefficient (Wildman–Crippen LogP) is 4.75. The van der Waals surface area contributed by atoms with Gasteiger partial charge in [-0.3, -0.25) is 4.98 Å². The van der Waals surface area contributed by atoms with Gasteiger partial charge in [0, 0.05) is 6.20 Å². The second-order valence-electron chi connectivity index (χ2n) is 8.34. The Morgan fingerprint density at radius 1 is 1.18 bits per heavy atom. The van der Waals surface area contributed by atoms with E-state index in [1.165, 1.54) is 16.8 Å². The molecule has 4 heteroatoms. The quantitative estimate of drug-likeness (QED) is 0.720. The zero-order chi connectivity index (χ0) is 19.1. The van der Waals surface area contributed by atoms with Gasteiger partial charge in [-0.1, -0.05) is 42.8 Å². The van der Waals surface area contributed by atoms with E-state index in [-0.39, 0.29) is 5.41 Å². The number of aromatic nitrogens is 3. The maximum atomic E-state index is 10.8. The molecule has 0 radical (unpaired) electrons. The number of rotatable bonds is 4.